The molecular weight excluding hydrogens is 230 g/mol. The van der Waals surface area contributed by atoms with Crippen molar-refractivity contribution < 1.29 is 9.21 Å². The van der Waals surface area contributed by atoms with Gasteiger partial charge in [-0.1, -0.05) is 0 Å². The molecule has 0 saturated carbocycles. The lowest BCUT2D eigenvalue weighted by Crippen LogP contribution is -2.44. The molecular formula is C13H15N3O2. The molecule has 1 fully saturated rings. The van der Waals surface area contributed by atoms with Crippen molar-refractivity contribution in [1.29, 1.82) is 0 Å². The minimum atomic E-state index is 0.327. The molecule has 18 heavy (non-hydrogen) atoms. The maximum atomic E-state index is 10.7. The number of nitrogens with zero attached hydrogens (tertiary/aromatic N) is 3. The zero-order valence-corrected chi connectivity index (χ0v) is 10.3. The summed E-state index contributed by atoms with van der Waals surface area (Å²) in [7, 11) is 2.13. The van der Waals surface area contributed by atoms with Crippen molar-refractivity contribution in [3.05, 3.63) is 24.0 Å². The van der Waals surface area contributed by atoms with Gasteiger partial charge in [0.2, 0.25) is 0 Å². The van der Waals surface area contributed by atoms with Crippen LogP contribution in [0.4, 0.5) is 5.82 Å². The van der Waals surface area contributed by atoms with E-state index in [1.165, 1.54) is 0 Å². The standard InChI is InChI=1S/C13H15N3O2/c1-15-4-6-16(7-5-15)13-3-2-12-11(14-13)8-10(9-17)18-12/h2-3,8-9H,4-7H2,1H3. The van der Waals surface area contributed by atoms with Gasteiger partial charge < -0.3 is 14.2 Å². The normalized spacial score (nSPS) is 17.3. The second-order valence-electron chi connectivity index (χ2n) is 4.61. The molecule has 0 N–H and O–H groups in total. The molecule has 0 bridgehead atoms. The Morgan fingerprint density at radius 1 is 1.28 bits per heavy atom. The van der Waals surface area contributed by atoms with Crippen LogP contribution in [0.2, 0.25) is 0 Å². The van der Waals surface area contributed by atoms with Crippen LogP contribution in [0.5, 0.6) is 0 Å². The van der Waals surface area contributed by atoms with Gasteiger partial charge in [0.05, 0.1) is 0 Å². The molecule has 0 unspecified atom stereocenters. The first kappa shape index (κ1) is 11.2. The molecule has 3 heterocycles. The Labute approximate surface area is 105 Å². The lowest BCUT2D eigenvalue weighted by Gasteiger charge is -2.33. The minimum absolute atomic E-state index is 0.327. The Kier molecular flexibility index (Phi) is 2.76. The van der Waals surface area contributed by atoms with Gasteiger partial charge in [-0.05, 0) is 19.2 Å². The summed E-state index contributed by atoms with van der Waals surface area (Å²) in [6, 6.07) is 5.51. The number of likely N-dealkylation sites (N-methyl/N-ethyl adjacent to an activating group) is 1. The molecule has 94 valence electrons. The lowest BCUT2D eigenvalue weighted by molar-refractivity contribution is 0.110. The van der Waals surface area contributed by atoms with Gasteiger partial charge in [0.15, 0.2) is 17.6 Å². The predicted octanol–water partition coefficient (Wildman–Crippen LogP) is 1.39. The highest BCUT2D eigenvalue weighted by atomic mass is 16.3. The average molecular weight is 245 g/mol. The molecule has 0 amide bonds. The van der Waals surface area contributed by atoms with Crippen LogP contribution in [0.3, 0.4) is 0 Å². The van der Waals surface area contributed by atoms with Gasteiger partial charge in [0.25, 0.3) is 0 Å². The molecule has 0 aromatic carbocycles. The highest BCUT2D eigenvalue weighted by molar-refractivity contribution is 5.83. The number of furan rings is 1. The van der Waals surface area contributed by atoms with E-state index in [-0.39, 0.29) is 0 Å². The molecule has 1 aliphatic heterocycles. The maximum absolute atomic E-state index is 10.7. The zero-order valence-electron chi connectivity index (χ0n) is 10.3. The number of aromatic nitrogens is 1. The van der Waals surface area contributed by atoms with Gasteiger partial charge in [-0.3, -0.25) is 4.79 Å². The largest absolute Gasteiger partial charge is 0.452 e. The zero-order chi connectivity index (χ0) is 12.5. The number of hydrogen-bond donors (Lipinski definition) is 0. The van der Waals surface area contributed by atoms with E-state index in [0.717, 1.165) is 37.5 Å². The summed E-state index contributed by atoms with van der Waals surface area (Å²) in [6.07, 6.45) is 0.706. The van der Waals surface area contributed by atoms with Crippen LogP contribution < -0.4 is 4.90 Å². The van der Waals surface area contributed by atoms with E-state index in [9.17, 15) is 4.79 Å². The highest BCUT2D eigenvalue weighted by Gasteiger charge is 2.16. The molecule has 0 spiro atoms. The minimum Gasteiger partial charge on any atom is -0.452 e. The summed E-state index contributed by atoms with van der Waals surface area (Å²) in [5.41, 5.74) is 1.41. The van der Waals surface area contributed by atoms with Gasteiger partial charge in [0.1, 0.15) is 11.3 Å². The van der Waals surface area contributed by atoms with E-state index in [1.54, 1.807) is 6.07 Å². The van der Waals surface area contributed by atoms with Gasteiger partial charge in [-0.25, -0.2) is 4.98 Å². The number of hydrogen-bond acceptors (Lipinski definition) is 5. The topological polar surface area (TPSA) is 49.6 Å². The summed E-state index contributed by atoms with van der Waals surface area (Å²) < 4.78 is 5.32. The summed E-state index contributed by atoms with van der Waals surface area (Å²) in [5, 5.41) is 0. The molecule has 0 radical (unpaired) electrons. The van der Waals surface area contributed by atoms with Crippen molar-refractivity contribution in [3.63, 3.8) is 0 Å². The second-order valence-corrected chi connectivity index (χ2v) is 4.61. The smallest absolute Gasteiger partial charge is 0.185 e. The molecule has 5 heteroatoms. The Bertz CT molecular complexity index is 571. The Balaban J connectivity index is 1.90. The number of carbonyl (C=O) groups excluding carboxylic acids is 1. The first-order valence-corrected chi connectivity index (χ1v) is 6.05. The van der Waals surface area contributed by atoms with E-state index >= 15 is 0 Å². The summed E-state index contributed by atoms with van der Waals surface area (Å²) in [6.45, 7) is 4.05. The van der Waals surface area contributed by atoms with E-state index in [0.29, 0.717) is 17.6 Å². The summed E-state index contributed by atoms with van der Waals surface area (Å²) in [4.78, 5) is 19.8. The summed E-state index contributed by atoms with van der Waals surface area (Å²) >= 11 is 0. The number of anilines is 1. The molecule has 5 nitrogen and oxygen atoms in total. The quantitative estimate of drug-likeness (QED) is 0.748. The molecule has 3 rings (SSSR count). The predicted molar refractivity (Wildman–Crippen MR) is 69.1 cm³/mol. The van der Waals surface area contributed by atoms with Gasteiger partial charge in [-0.15, -0.1) is 0 Å². The second kappa shape index (κ2) is 4.42. The van der Waals surface area contributed by atoms with Crippen LogP contribution >= 0.6 is 0 Å². The van der Waals surface area contributed by atoms with Crippen LogP contribution in [0.15, 0.2) is 22.6 Å². The lowest BCUT2D eigenvalue weighted by atomic mass is 10.3. The SMILES string of the molecule is CN1CCN(c2ccc3oc(C=O)cc3n2)CC1. The van der Waals surface area contributed by atoms with Crippen LogP contribution in [0.25, 0.3) is 11.1 Å². The third kappa shape index (κ3) is 1.97. The third-order valence-electron chi connectivity index (χ3n) is 3.32. The monoisotopic (exact) mass is 245 g/mol. The van der Waals surface area contributed by atoms with Crippen molar-refractivity contribution >= 4 is 23.2 Å². The number of rotatable bonds is 2. The Morgan fingerprint density at radius 2 is 2.06 bits per heavy atom. The van der Waals surface area contributed by atoms with E-state index in [1.807, 2.05) is 12.1 Å². The van der Waals surface area contributed by atoms with Crippen LogP contribution in [0, 0.1) is 0 Å². The van der Waals surface area contributed by atoms with Crippen LogP contribution in [0.1, 0.15) is 10.6 Å². The van der Waals surface area contributed by atoms with Crippen molar-refractivity contribution in [2.75, 3.05) is 38.1 Å². The molecule has 1 saturated heterocycles. The summed E-state index contributed by atoms with van der Waals surface area (Å²) in [5.74, 6) is 1.28. The molecule has 0 aliphatic carbocycles. The molecule has 1 aliphatic rings. The number of aldehydes is 1. The van der Waals surface area contributed by atoms with E-state index in [4.69, 9.17) is 4.42 Å². The van der Waals surface area contributed by atoms with Crippen molar-refractivity contribution in [2.24, 2.45) is 0 Å². The number of fused-ring (bicyclic) bond motifs is 1. The van der Waals surface area contributed by atoms with Gasteiger partial charge >= 0.3 is 0 Å². The third-order valence-corrected chi connectivity index (χ3v) is 3.32. The van der Waals surface area contributed by atoms with E-state index < -0.39 is 0 Å². The van der Waals surface area contributed by atoms with Crippen LogP contribution in [-0.4, -0.2) is 49.4 Å². The average Bonchev–Trinajstić information content (AvgIpc) is 2.81. The first-order valence-electron chi connectivity index (χ1n) is 6.05. The molecule has 2 aromatic heterocycles. The fourth-order valence-corrected chi connectivity index (χ4v) is 2.20. The number of piperazine rings is 1. The van der Waals surface area contributed by atoms with Gasteiger partial charge in [0, 0.05) is 32.2 Å². The van der Waals surface area contributed by atoms with Crippen molar-refractivity contribution in [1.82, 2.24) is 9.88 Å². The Morgan fingerprint density at radius 3 is 2.78 bits per heavy atom. The maximum Gasteiger partial charge on any atom is 0.185 e. The van der Waals surface area contributed by atoms with Crippen molar-refractivity contribution in [2.45, 2.75) is 0 Å². The van der Waals surface area contributed by atoms with Crippen LogP contribution in [-0.2, 0) is 0 Å². The van der Waals surface area contributed by atoms with Gasteiger partial charge in [-0.2, -0.15) is 0 Å². The fraction of sp³-hybridized carbons (Fsp3) is 0.385. The molecule has 0 atom stereocenters. The fourth-order valence-electron chi connectivity index (χ4n) is 2.20. The highest BCUT2D eigenvalue weighted by Crippen LogP contribution is 2.21. The first-order chi connectivity index (χ1) is 8.76. The number of carbonyl (C=O) groups is 1. The number of pyridine rings is 1. The molecule has 2 aromatic rings. The van der Waals surface area contributed by atoms with E-state index in [2.05, 4.69) is 21.8 Å². The van der Waals surface area contributed by atoms with Crippen molar-refractivity contribution in [3.8, 4) is 0 Å². The Hall–Kier alpha value is -1.88.